The fourth-order valence-electron chi connectivity index (χ4n) is 8.01. The first kappa shape index (κ1) is 63.8. The molecule has 21 N–H and O–H groups in total. The van der Waals surface area contributed by atoms with Crippen LogP contribution in [0.15, 0.2) is 30.3 Å². The maximum absolute atomic E-state index is 14.2. The Morgan fingerprint density at radius 3 is 1.42 bits per heavy atom. The van der Waals surface area contributed by atoms with E-state index < -0.39 is 108 Å². The molecule has 26 nitrogen and oxygen atoms in total. The van der Waals surface area contributed by atoms with E-state index >= 15 is 0 Å². The summed E-state index contributed by atoms with van der Waals surface area (Å²) in [7, 11) is 0. The lowest BCUT2D eigenvalue weighted by Gasteiger charge is -2.28. The molecule has 1 saturated carbocycles. The molecule has 1 aliphatic rings. The molecule has 1 aromatic rings. The van der Waals surface area contributed by atoms with Gasteiger partial charge in [-0.05, 0) is 109 Å². The number of rotatable bonds is 33. The van der Waals surface area contributed by atoms with Crippen LogP contribution >= 0.6 is 0 Å². The van der Waals surface area contributed by atoms with E-state index in [0.717, 1.165) is 0 Å². The molecule has 26 heteroatoms. The Balaban J connectivity index is 2.21. The molecular weight excluding hydrogens is 963 g/mol. The van der Waals surface area contributed by atoms with Crippen LogP contribution in [-0.2, 0) is 54.4 Å². The third-order valence-corrected chi connectivity index (χ3v) is 12.0. The Labute approximate surface area is 432 Å². The number of aliphatic hydroxyl groups is 1. The third-order valence-electron chi connectivity index (χ3n) is 12.0. The average Bonchev–Trinajstić information content (AvgIpc) is 3.35. The van der Waals surface area contributed by atoms with Gasteiger partial charge in [0, 0.05) is 24.9 Å². The minimum absolute atomic E-state index is 0.00164. The molecule has 10 amide bonds. The summed E-state index contributed by atoms with van der Waals surface area (Å²) in [5.74, 6) is -7.62. The molecule has 0 bridgehead atoms. The smallest absolute Gasteiger partial charge is 0.245 e. The first-order chi connectivity index (χ1) is 35.2. The van der Waals surface area contributed by atoms with Crippen molar-refractivity contribution in [3.05, 3.63) is 35.9 Å². The summed E-state index contributed by atoms with van der Waals surface area (Å²) in [4.78, 5) is 133. The Morgan fingerprint density at radius 2 is 0.946 bits per heavy atom. The number of carbonyl (C=O) groups excluding carboxylic acids is 10. The van der Waals surface area contributed by atoms with Crippen LogP contribution < -0.4 is 81.8 Å². The average molecular weight is 1050 g/mol. The largest absolute Gasteiger partial charge is 0.391 e. The Bertz CT molecular complexity index is 1990. The zero-order chi connectivity index (χ0) is 55.3. The monoisotopic (exact) mass is 1050 g/mol. The van der Waals surface area contributed by atoms with Gasteiger partial charge >= 0.3 is 0 Å². The van der Waals surface area contributed by atoms with Gasteiger partial charge in [0.05, 0.1) is 19.2 Å². The number of hydrogen-bond acceptors (Lipinski definition) is 16. The van der Waals surface area contributed by atoms with Crippen LogP contribution in [-0.4, -0.2) is 164 Å². The zero-order valence-corrected chi connectivity index (χ0v) is 43.2. The van der Waals surface area contributed by atoms with E-state index in [0.29, 0.717) is 31.2 Å². The zero-order valence-electron chi connectivity index (χ0n) is 43.2. The van der Waals surface area contributed by atoms with Gasteiger partial charge < -0.3 is 86.9 Å². The summed E-state index contributed by atoms with van der Waals surface area (Å²) in [6, 6.07) is -0.323. The van der Waals surface area contributed by atoms with Crippen LogP contribution in [0.1, 0.15) is 91.0 Å². The normalized spacial score (nSPS) is 17.5. The molecule has 0 heterocycles. The second-order valence-corrected chi connectivity index (χ2v) is 18.8. The van der Waals surface area contributed by atoms with Crippen molar-refractivity contribution in [1.29, 1.82) is 0 Å². The summed E-state index contributed by atoms with van der Waals surface area (Å²) < 4.78 is 0. The fourth-order valence-corrected chi connectivity index (χ4v) is 8.01. The summed E-state index contributed by atoms with van der Waals surface area (Å²) >= 11 is 0. The van der Waals surface area contributed by atoms with E-state index in [-0.39, 0.29) is 102 Å². The molecule has 74 heavy (non-hydrogen) atoms. The van der Waals surface area contributed by atoms with Gasteiger partial charge in [-0.25, -0.2) is 0 Å². The number of aliphatic hydroxyl groups excluding tert-OH is 1. The number of amides is 10. The van der Waals surface area contributed by atoms with Crippen molar-refractivity contribution in [3.63, 3.8) is 0 Å². The Kier molecular flexibility index (Phi) is 29.5. The molecule has 1 fully saturated rings. The lowest BCUT2D eigenvalue weighted by Crippen LogP contribution is -2.61. The molecule has 0 aromatic heterocycles. The predicted octanol–water partition coefficient (Wildman–Crippen LogP) is -5.67. The van der Waals surface area contributed by atoms with E-state index in [2.05, 4.69) is 53.2 Å². The van der Waals surface area contributed by atoms with Gasteiger partial charge in [-0.1, -0.05) is 44.2 Å². The fraction of sp³-hybridized carbons (Fsp3) is 0.667. The van der Waals surface area contributed by atoms with Crippen molar-refractivity contribution in [2.45, 2.75) is 146 Å². The first-order valence-electron chi connectivity index (χ1n) is 25.4. The highest BCUT2D eigenvalue weighted by Gasteiger charge is 2.35. The van der Waals surface area contributed by atoms with Gasteiger partial charge in [0.1, 0.15) is 42.3 Å². The molecule has 416 valence electrons. The molecule has 0 spiro atoms. The van der Waals surface area contributed by atoms with E-state index in [4.69, 9.17) is 28.7 Å². The van der Waals surface area contributed by atoms with Crippen LogP contribution in [0.2, 0.25) is 0 Å². The van der Waals surface area contributed by atoms with Crippen LogP contribution in [0.3, 0.4) is 0 Å². The second kappa shape index (κ2) is 34.2. The maximum Gasteiger partial charge on any atom is 0.245 e. The second-order valence-electron chi connectivity index (χ2n) is 18.8. The molecule has 0 radical (unpaired) electrons. The number of benzene rings is 1. The summed E-state index contributed by atoms with van der Waals surface area (Å²) in [6.07, 6.45) is 1.06. The molecule has 2 rings (SSSR count). The van der Waals surface area contributed by atoms with E-state index in [1.165, 1.54) is 6.92 Å². The van der Waals surface area contributed by atoms with E-state index in [9.17, 15) is 53.1 Å². The quantitative estimate of drug-likeness (QED) is 0.0312. The van der Waals surface area contributed by atoms with E-state index in [1.54, 1.807) is 51.1 Å². The summed E-state index contributed by atoms with van der Waals surface area (Å²) in [5, 5.41) is 35.7. The van der Waals surface area contributed by atoms with Crippen LogP contribution in [0.4, 0.5) is 0 Å². The molecule has 8 atom stereocenters. The predicted molar refractivity (Wildman–Crippen MR) is 274 cm³/mol. The number of carbonyl (C=O) groups is 10. The minimum atomic E-state index is -1.34. The van der Waals surface area contributed by atoms with E-state index in [1.807, 2.05) is 0 Å². The minimum Gasteiger partial charge on any atom is -0.391 e. The van der Waals surface area contributed by atoms with Crippen molar-refractivity contribution in [2.24, 2.45) is 40.5 Å². The molecule has 0 aliphatic heterocycles. The molecule has 2 unspecified atom stereocenters. The summed E-state index contributed by atoms with van der Waals surface area (Å²) in [6.45, 7) is 5.55. The highest BCUT2D eigenvalue weighted by molar-refractivity contribution is 5.98. The number of hydrogen-bond donors (Lipinski definition) is 16. The van der Waals surface area contributed by atoms with Crippen molar-refractivity contribution in [2.75, 3.05) is 45.8 Å². The van der Waals surface area contributed by atoms with Gasteiger partial charge in [0.15, 0.2) is 0 Å². The van der Waals surface area contributed by atoms with Crippen LogP contribution in [0, 0.1) is 11.8 Å². The third kappa shape index (κ3) is 23.3. The van der Waals surface area contributed by atoms with Crippen molar-refractivity contribution in [3.8, 4) is 0 Å². The van der Waals surface area contributed by atoms with Gasteiger partial charge in [-0.3, -0.25) is 47.9 Å². The van der Waals surface area contributed by atoms with Gasteiger partial charge in [-0.15, -0.1) is 0 Å². The molecule has 1 aromatic carbocycles. The topological polar surface area (TPSA) is 441 Å². The van der Waals surface area contributed by atoms with Gasteiger partial charge in [0.2, 0.25) is 59.1 Å². The van der Waals surface area contributed by atoms with Crippen LogP contribution in [0.25, 0.3) is 0 Å². The Morgan fingerprint density at radius 1 is 0.527 bits per heavy atom. The standard InChI is InChI=1S/C48H83N15O11/c1-5-54-48(74)40(28(4)64)63-45(71)35(18-22-52)59-44(70)34(17-21-51)60-46(72)36(23-27(2)3)61-47(73)37(24-29-9-7-6-8-10-29)62-43(69)33(16-20-50)58-39(66)26-56-42(68)32(15-19-49)57-38(65)25-55-41(67)30-11-13-31(53)14-12-30/h6-10,27-28,30-37,40,64H,5,11-26,49-53H2,1-4H3,(H,54,74)(H,55,67)(H,56,68)(H,57,65)(H,58,66)(H,59,70)(H,60,72)(H,61,73)(H,62,69)(H,63,71)/t28?,30-,31-,32-,33-,34-,35-,36-,37+,40?/m0/s1. The maximum atomic E-state index is 14.2. The molecular formula is C48H83N15O11. The van der Waals surface area contributed by atoms with Gasteiger partial charge in [0.25, 0.3) is 0 Å². The van der Waals surface area contributed by atoms with Crippen molar-refractivity contribution < 1.29 is 53.1 Å². The number of likely N-dealkylation sites (N-methyl/N-ethyl adjacent to an activating group) is 1. The highest BCUT2D eigenvalue weighted by atomic mass is 16.3. The summed E-state index contributed by atoms with van der Waals surface area (Å²) in [5.41, 5.74) is 29.7. The lowest BCUT2D eigenvalue weighted by atomic mass is 9.86. The lowest BCUT2D eigenvalue weighted by molar-refractivity contribution is -0.136. The molecule has 0 saturated heterocycles. The van der Waals surface area contributed by atoms with Crippen LogP contribution in [0.5, 0.6) is 0 Å². The van der Waals surface area contributed by atoms with Crippen molar-refractivity contribution in [1.82, 2.24) is 53.2 Å². The van der Waals surface area contributed by atoms with Gasteiger partial charge in [-0.2, -0.15) is 0 Å². The first-order valence-corrected chi connectivity index (χ1v) is 25.4. The Hall–Kier alpha value is -6.32. The SMILES string of the molecule is CCNC(=O)C(NC(=O)[C@H](CCN)NC(=O)[C@H](CCN)NC(=O)[C@H](CC(C)C)NC(=O)[C@@H](Cc1ccccc1)NC(=O)[C@H](CCN)NC(=O)CNC(=O)[C@H](CCN)NC(=O)CNC(=O)[C@H]1CC[C@H](N)CC1)C(C)O. The van der Waals surface area contributed by atoms with Crippen molar-refractivity contribution >= 4 is 59.1 Å². The highest BCUT2D eigenvalue weighted by Crippen LogP contribution is 2.23. The molecule has 1 aliphatic carbocycles. The number of nitrogens with two attached hydrogens (primary N) is 5. The number of nitrogens with one attached hydrogen (secondary N) is 10.